The van der Waals surface area contributed by atoms with Crippen LogP contribution in [-0.4, -0.2) is 19.1 Å². The maximum absolute atomic E-state index is 11.9. The molecule has 0 saturated heterocycles. The van der Waals surface area contributed by atoms with Gasteiger partial charge in [0.1, 0.15) is 12.4 Å². The van der Waals surface area contributed by atoms with Crippen LogP contribution in [0.4, 0.5) is 0 Å². The van der Waals surface area contributed by atoms with Crippen molar-refractivity contribution in [1.82, 2.24) is 5.32 Å². The maximum atomic E-state index is 11.9. The van der Waals surface area contributed by atoms with Crippen molar-refractivity contribution in [3.8, 4) is 0 Å². The molecule has 0 aliphatic carbocycles. The molecule has 0 aliphatic rings. The van der Waals surface area contributed by atoms with Crippen LogP contribution >= 0.6 is 11.3 Å². The number of furan rings is 1. The lowest BCUT2D eigenvalue weighted by molar-refractivity contribution is 0.0917. The van der Waals surface area contributed by atoms with Gasteiger partial charge in [0.15, 0.2) is 0 Å². The minimum absolute atomic E-state index is 0.00196. The van der Waals surface area contributed by atoms with Crippen LogP contribution in [0.1, 0.15) is 32.3 Å². The molecule has 1 amide bonds. The van der Waals surface area contributed by atoms with Gasteiger partial charge >= 0.3 is 0 Å². The van der Waals surface area contributed by atoms with Gasteiger partial charge in [-0.1, -0.05) is 0 Å². The minimum atomic E-state index is -0.00196. The number of carbonyl (C=O) groups is 1. The molecule has 2 heterocycles. The van der Waals surface area contributed by atoms with Gasteiger partial charge < -0.3 is 14.5 Å². The zero-order chi connectivity index (χ0) is 14.4. The van der Waals surface area contributed by atoms with Crippen molar-refractivity contribution in [2.45, 2.75) is 26.9 Å². The zero-order valence-electron chi connectivity index (χ0n) is 11.8. The molecule has 2 aromatic heterocycles. The van der Waals surface area contributed by atoms with Gasteiger partial charge in [0.2, 0.25) is 0 Å². The third kappa shape index (κ3) is 4.21. The average Bonchev–Trinajstić information content (AvgIpc) is 3.03. The van der Waals surface area contributed by atoms with E-state index >= 15 is 0 Å². The molecule has 0 bridgehead atoms. The predicted molar refractivity (Wildman–Crippen MR) is 79.1 cm³/mol. The number of hydrogen-bond acceptors (Lipinski definition) is 4. The summed E-state index contributed by atoms with van der Waals surface area (Å²) in [5.74, 6) is 0.816. The van der Waals surface area contributed by atoms with Gasteiger partial charge in [-0.05, 0) is 38.5 Å². The van der Waals surface area contributed by atoms with Gasteiger partial charge in [-0.3, -0.25) is 4.79 Å². The lowest BCUT2D eigenvalue weighted by atomic mass is 10.2. The summed E-state index contributed by atoms with van der Waals surface area (Å²) in [6, 6.07) is 5.65. The van der Waals surface area contributed by atoms with Crippen LogP contribution in [0.5, 0.6) is 0 Å². The van der Waals surface area contributed by atoms with E-state index in [0.29, 0.717) is 19.8 Å². The molecule has 0 unspecified atom stereocenters. The second kappa shape index (κ2) is 7.26. The van der Waals surface area contributed by atoms with E-state index < -0.39 is 0 Å². The summed E-state index contributed by atoms with van der Waals surface area (Å²) in [7, 11) is 0. The fourth-order valence-corrected chi connectivity index (χ4v) is 2.82. The summed E-state index contributed by atoms with van der Waals surface area (Å²) in [5.41, 5.74) is 0.781. The SMILES string of the molecule is Cc1cc(C(=O)NCCCOCc2ccco2)c(C)s1. The van der Waals surface area contributed by atoms with E-state index in [-0.39, 0.29) is 5.91 Å². The molecule has 0 atom stereocenters. The maximum Gasteiger partial charge on any atom is 0.252 e. The lowest BCUT2D eigenvalue weighted by Crippen LogP contribution is -2.25. The molecule has 4 nitrogen and oxygen atoms in total. The summed E-state index contributed by atoms with van der Waals surface area (Å²) in [5, 5.41) is 2.91. The van der Waals surface area contributed by atoms with Crippen LogP contribution in [0.15, 0.2) is 28.9 Å². The number of ether oxygens (including phenoxy) is 1. The number of hydrogen-bond donors (Lipinski definition) is 1. The third-order valence-electron chi connectivity index (χ3n) is 2.86. The molecule has 2 aromatic rings. The highest BCUT2D eigenvalue weighted by Gasteiger charge is 2.10. The number of thiophene rings is 1. The number of rotatable bonds is 7. The van der Waals surface area contributed by atoms with E-state index in [1.54, 1.807) is 17.6 Å². The summed E-state index contributed by atoms with van der Waals surface area (Å²) >= 11 is 1.65. The van der Waals surface area contributed by atoms with Crippen LogP contribution in [0.2, 0.25) is 0 Å². The predicted octanol–water partition coefficient (Wildman–Crippen LogP) is 3.29. The number of carbonyl (C=O) groups excluding carboxylic acids is 1. The monoisotopic (exact) mass is 293 g/mol. The summed E-state index contributed by atoms with van der Waals surface area (Å²) in [6.45, 7) is 5.67. The molecular weight excluding hydrogens is 274 g/mol. The van der Waals surface area contributed by atoms with Crippen molar-refractivity contribution < 1.29 is 13.9 Å². The van der Waals surface area contributed by atoms with E-state index in [0.717, 1.165) is 27.5 Å². The Hall–Kier alpha value is -1.59. The Morgan fingerprint density at radius 3 is 2.95 bits per heavy atom. The summed E-state index contributed by atoms with van der Waals surface area (Å²) in [6.07, 6.45) is 2.42. The molecule has 20 heavy (non-hydrogen) atoms. The lowest BCUT2D eigenvalue weighted by Gasteiger charge is -2.05. The van der Waals surface area contributed by atoms with Crippen molar-refractivity contribution in [3.63, 3.8) is 0 Å². The van der Waals surface area contributed by atoms with Gasteiger partial charge in [-0.25, -0.2) is 0 Å². The zero-order valence-corrected chi connectivity index (χ0v) is 12.6. The number of nitrogens with one attached hydrogen (secondary N) is 1. The Morgan fingerprint density at radius 1 is 1.45 bits per heavy atom. The van der Waals surface area contributed by atoms with E-state index in [1.807, 2.05) is 32.0 Å². The molecule has 108 valence electrons. The molecule has 0 saturated carbocycles. The summed E-state index contributed by atoms with van der Waals surface area (Å²) in [4.78, 5) is 14.2. The fraction of sp³-hybridized carbons (Fsp3) is 0.400. The van der Waals surface area contributed by atoms with Crippen LogP contribution in [0.3, 0.4) is 0 Å². The highest BCUT2D eigenvalue weighted by molar-refractivity contribution is 7.12. The van der Waals surface area contributed by atoms with Gasteiger partial charge in [0, 0.05) is 22.9 Å². The van der Waals surface area contributed by atoms with Crippen LogP contribution in [0, 0.1) is 13.8 Å². The van der Waals surface area contributed by atoms with Gasteiger partial charge in [-0.15, -0.1) is 11.3 Å². The second-order valence-corrected chi connectivity index (χ2v) is 6.03. The Labute approximate surface area is 122 Å². The normalized spacial score (nSPS) is 10.7. The number of amides is 1. The number of aryl methyl sites for hydroxylation is 2. The molecular formula is C15H19NO3S. The largest absolute Gasteiger partial charge is 0.467 e. The average molecular weight is 293 g/mol. The quantitative estimate of drug-likeness (QED) is 0.797. The Kier molecular flexibility index (Phi) is 5.38. The molecule has 0 aromatic carbocycles. The molecule has 5 heteroatoms. The van der Waals surface area contributed by atoms with Crippen molar-refractivity contribution in [2.75, 3.05) is 13.2 Å². The van der Waals surface area contributed by atoms with Crippen molar-refractivity contribution in [2.24, 2.45) is 0 Å². The molecule has 0 spiro atoms. The highest BCUT2D eigenvalue weighted by Crippen LogP contribution is 2.20. The standard InChI is InChI=1S/C15H19NO3S/c1-11-9-14(12(2)20-11)15(17)16-6-4-7-18-10-13-5-3-8-19-13/h3,5,8-9H,4,6-7,10H2,1-2H3,(H,16,17). The summed E-state index contributed by atoms with van der Waals surface area (Å²) < 4.78 is 10.6. The van der Waals surface area contributed by atoms with Gasteiger partial charge in [0.05, 0.1) is 11.8 Å². The van der Waals surface area contributed by atoms with Crippen LogP contribution in [-0.2, 0) is 11.3 Å². The minimum Gasteiger partial charge on any atom is -0.467 e. The van der Waals surface area contributed by atoms with Gasteiger partial charge in [0.25, 0.3) is 5.91 Å². The van der Waals surface area contributed by atoms with E-state index in [4.69, 9.17) is 9.15 Å². The van der Waals surface area contributed by atoms with E-state index in [9.17, 15) is 4.79 Å². The molecule has 0 fully saturated rings. The highest BCUT2D eigenvalue weighted by atomic mass is 32.1. The third-order valence-corrected chi connectivity index (χ3v) is 3.83. The van der Waals surface area contributed by atoms with Crippen molar-refractivity contribution in [3.05, 3.63) is 45.5 Å². The van der Waals surface area contributed by atoms with Crippen LogP contribution < -0.4 is 5.32 Å². The molecule has 1 N–H and O–H groups in total. The Balaban J connectivity index is 1.61. The van der Waals surface area contributed by atoms with Gasteiger partial charge in [-0.2, -0.15) is 0 Å². The Morgan fingerprint density at radius 2 is 2.30 bits per heavy atom. The molecule has 0 aliphatic heterocycles. The van der Waals surface area contributed by atoms with E-state index in [2.05, 4.69) is 5.32 Å². The second-order valence-electron chi connectivity index (χ2n) is 4.57. The molecule has 2 rings (SSSR count). The fourth-order valence-electron chi connectivity index (χ4n) is 1.90. The first-order valence-corrected chi connectivity index (χ1v) is 7.44. The molecule has 0 radical (unpaired) electrons. The topological polar surface area (TPSA) is 51.5 Å². The first kappa shape index (κ1) is 14.8. The van der Waals surface area contributed by atoms with Crippen molar-refractivity contribution in [1.29, 1.82) is 0 Å². The smallest absolute Gasteiger partial charge is 0.252 e. The first-order valence-electron chi connectivity index (χ1n) is 6.62. The van der Waals surface area contributed by atoms with Crippen LogP contribution in [0.25, 0.3) is 0 Å². The first-order chi connectivity index (χ1) is 9.66. The Bertz CT molecular complexity index is 545. The van der Waals surface area contributed by atoms with E-state index in [1.165, 1.54) is 0 Å². The van der Waals surface area contributed by atoms with Crippen molar-refractivity contribution >= 4 is 17.2 Å².